The monoisotopic (exact) mass is 208 g/mol. The van der Waals surface area contributed by atoms with E-state index in [1.165, 1.54) is 0 Å². The molecular formula is C10H16N4O. The highest BCUT2D eigenvalue weighted by Gasteiger charge is 2.13. The fourth-order valence-electron chi connectivity index (χ4n) is 1.23. The van der Waals surface area contributed by atoms with Crippen LogP contribution >= 0.6 is 0 Å². The molecule has 0 aliphatic rings. The zero-order chi connectivity index (χ0) is 11.4. The van der Waals surface area contributed by atoms with E-state index in [2.05, 4.69) is 17.0 Å². The van der Waals surface area contributed by atoms with E-state index in [1.807, 2.05) is 6.92 Å². The number of aryl methyl sites for hydroxylation is 2. The number of hydrogen-bond acceptors (Lipinski definition) is 3. The first kappa shape index (κ1) is 11.5. The van der Waals surface area contributed by atoms with Gasteiger partial charge in [-0.25, -0.2) is 0 Å². The van der Waals surface area contributed by atoms with Gasteiger partial charge in [-0.05, 0) is 13.3 Å². The summed E-state index contributed by atoms with van der Waals surface area (Å²) in [6, 6.07) is 1.23. The molecule has 1 rings (SSSR count). The van der Waals surface area contributed by atoms with Gasteiger partial charge < -0.3 is 11.1 Å². The summed E-state index contributed by atoms with van der Waals surface area (Å²) in [7, 11) is 1.77. The van der Waals surface area contributed by atoms with E-state index in [4.69, 9.17) is 5.73 Å². The highest BCUT2D eigenvalue weighted by Crippen LogP contribution is 2.08. The molecule has 1 atom stereocenters. The molecule has 0 aliphatic carbocycles. The van der Waals surface area contributed by atoms with Crippen molar-refractivity contribution >= 4 is 11.7 Å². The van der Waals surface area contributed by atoms with Crippen LogP contribution < -0.4 is 11.1 Å². The van der Waals surface area contributed by atoms with Gasteiger partial charge in [0, 0.05) is 13.1 Å². The zero-order valence-electron chi connectivity index (χ0n) is 9.03. The molecule has 3 N–H and O–H groups in total. The lowest BCUT2D eigenvalue weighted by Crippen LogP contribution is -2.35. The Morgan fingerprint density at radius 1 is 1.87 bits per heavy atom. The maximum atomic E-state index is 11.5. The molecular weight excluding hydrogens is 192 g/mol. The van der Waals surface area contributed by atoms with Crippen LogP contribution in [0.15, 0.2) is 18.7 Å². The van der Waals surface area contributed by atoms with Crippen molar-refractivity contribution in [2.75, 3.05) is 5.32 Å². The van der Waals surface area contributed by atoms with Crippen LogP contribution in [-0.2, 0) is 11.8 Å². The minimum atomic E-state index is -0.558. The molecule has 0 saturated carbocycles. The number of carbonyl (C=O) groups excluding carboxylic acids is 1. The number of carbonyl (C=O) groups is 1. The summed E-state index contributed by atoms with van der Waals surface area (Å²) in [5, 5.41) is 6.81. The molecule has 5 nitrogen and oxygen atoms in total. The number of anilines is 1. The number of hydrogen-bond donors (Lipinski definition) is 2. The van der Waals surface area contributed by atoms with E-state index < -0.39 is 6.04 Å². The lowest BCUT2D eigenvalue weighted by atomic mass is 10.2. The Bertz CT molecular complexity index is 369. The molecule has 1 heterocycles. The van der Waals surface area contributed by atoms with E-state index in [1.54, 1.807) is 23.9 Å². The van der Waals surface area contributed by atoms with Gasteiger partial charge in [0.15, 0.2) is 0 Å². The van der Waals surface area contributed by atoms with Gasteiger partial charge in [0.05, 0.1) is 11.7 Å². The van der Waals surface area contributed by atoms with Crippen LogP contribution in [0.2, 0.25) is 0 Å². The van der Waals surface area contributed by atoms with Crippen LogP contribution in [0.1, 0.15) is 12.1 Å². The number of nitrogens with zero attached hydrogens (tertiary/aromatic N) is 2. The summed E-state index contributed by atoms with van der Waals surface area (Å²) in [5.41, 5.74) is 6.47. The second kappa shape index (κ2) is 4.75. The first-order valence-electron chi connectivity index (χ1n) is 4.72. The number of aromatic nitrogens is 2. The molecule has 0 radical (unpaired) electrons. The van der Waals surface area contributed by atoms with E-state index in [0.717, 1.165) is 5.69 Å². The van der Waals surface area contributed by atoms with Crippen molar-refractivity contribution in [2.24, 2.45) is 12.8 Å². The van der Waals surface area contributed by atoms with Crippen LogP contribution in [0, 0.1) is 6.92 Å². The third-order valence-electron chi connectivity index (χ3n) is 2.01. The quantitative estimate of drug-likeness (QED) is 0.710. The van der Waals surface area contributed by atoms with Gasteiger partial charge in [-0.2, -0.15) is 5.10 Å². The second-order valence-corrected chi connectivity index (χ2v) is 3.41. The lowest BCUT2D eigenvalue weighted by Gasteiger charge is -2.09. The number of nitrogens with two attached hydrogens (primary N) is 1. The normalized spacial score (nSPS) is 12.2. The van der Waals surface area contributed by atoms with Crippen molar-refractivity contribution in [3.63, 3.8) is 0 Å². The van der Waals surface area contributed by atoms with Crippen molar-refractivity contribution in [3.05, 3.63) is 24.4 Å². The predicted octanol–water partition coefficient (Wildman–Crippen LogP) is 0.570. The molecule has 0 saturated heterocycles. The average molecular weight is 208 g/mol. The van der Waals surface area contributed by atoms with Gasteiger partial charge in [-0.1, -0.05) is 6.08 Å². The minimum absolute atomic E-state index is 0.224. The van der Waals surface area contributed by atoms with Crippen LogP contribution in [0.4, 0.5) is 5.82 Å². The van der Waals surface area contributed by atoms with Gasteiger partial charge in [0.25, 0.3) is 0 Å². The van der Waals surface area contributed by atoms with Gasteiger partial charge in [-0.3, -0.25) is 9.48 Å². The molecule has 0 aromatic carbocycles. The summed E-state index contributed by atoms with van der Waals surface area (Å²) >= 11 is 0. The number of nitrogens with one attached hydrogen (secondary N) is 1. The fraction of sp³-hybridized carbons (Fsp3) is 0.400. The molecule has 1 unspecified atom stereocenters. The minimum Gasteiger partial charge on any atom is -0.320 e. The van der Waals surface area contributed by atoms with E-state index in [9.17, 15) is 4.79 Å². The maximum absolute atomic E-state index is 11.5. The maximum Gasteiger partial charge on any atom is 0.242 e. The first-order chi connectivity index (χ1) is 7.04. The van der Waals surface area contributed by atoms with Crippen LogP contribution in [0.5, 0.6) is 0 Å². The molecule has 82 valence electrons. The lowest BCUT2D eigenvalue weighted by molar-refractivity contribution is -0.117. The van der Waals surface area contributed by atoms with E-state index >= 15 is 0 Å². The van der Waals surface area contributed by atoms with Gasteiger partial charge >= 0.3 is 0 Å². The Morgan fingerprint density at radius 3 is 3.00 bits per heavy atom. The Hall–Kier alpha value is -1.62. The smallest absolute Gasteiger partial charge is 0.242 e. The highest BCUT2D eigenvalue weighted by atomic mass is 16.2. The standard InChI is InChI=1S/C10H16N4O/c1-4-5-8(11)10(15)12-9-6-7(2)13-14(9)3/h4,6,8H,1,5,11H2,2-3H3,(H,12,15). The SMILES string of the molecule is C=CCC(N)C(=O)Nc1cc(C)nn1C. The molecule has 0 fully saturated rings. The largest absolute Gasteiger partial charge is 0.320 e. The van der Waals surface area contributed by atoms with E-state index in [-0.39, 0.29) is 5.91 Å². The van der Waals surface area contributed by atoms with E-state index in [0.29, 0.717) is 12.2 Å². The molecule has 0 bridgehead atoms. The van der Waals surface area contributed by atoms with Crippen molar-refractivity contribution in [1.82, 2.24) is 9.78 Å². The average Bonchev–Trinajstić information content (AvgIpc) is 2.45. The Morgan fingerprint density at radius 2 is 2.53 bits per heavy atom. The third-order valence-corrected chi connectivity index (χ3v) is 2.01. The van der Waals surface area contributed by atoms with Crippen molar-refractivity contribution in [1.29, 1.82) is 0 Å². The molecule has 1 aromatic rings. The molecule has 1 amide bonds. The number of amides is 1. The Kier molecular flexibility index (Phi) is 3.62. The van der Waals surface area contributed by atoms with Crippen molar-refractivity contribution in [2.45, 2.75) is 19.4 Å². The van der Waals surface area contributed by atoms with Crippen molar-refractivity contribution < 1.29 is 4.79 Å². The molecule has 0 aliphatic heterocycles. The summed E-state index contributed by atoms with van der Waals surface area (Å²) in [5.74, 6) is 0.426. The summed E-state index contributed by atoms with van der Waals surface area (Å²) in [4.78, 5) is 11.5. The van der Waals surface area contributed by atoms with Gasteiger partial charge in [0.2, 0.25) is 5.91 Å². The first-order valence-corrected chi connectivity index (χ1v) is 4.72. The number of rotatable bonds is 4. The molecule has 5 heteroatoms. The van der Waals surface area contributed by atoms with Gasteiger partial charge in [0.1, 0.15) is 5.82 Å². The molecule has 1 aromatic heterocycles. The zero-order valence-corrected chi connectivity index (χ0v) is 9.03. The van der Waals surface area contributed by atoms with Crippen LogP contribution in [0.3, 0.4) is 0 Å². The fourth-order valence-corrected chi connectivity index (χ4v) is 1.23. The highest BCUT2D eigenvalue weighted by molar-refractivity contribution is 5.94. The van der Waals surface area contributed by atoms with Gasteiger partial charge in [-0.15, -0.1) is 6.58 Å². The predicted molar refractivity (Wildman–Crippen MR) is 59.4 cm³/mol. The topological polar surface area (TPSA) is 72.9 Å². The van der Waals surface area contributed by atoms with Crippen LogP contribution in [0.25, 0.3) is 0 Å². The Labute approximate surface area is 89.0 Å². The summed E-state index contributed by atoms with van der Waals surface area (Å²) in [6.45, 7) is 5.39. The Balaban J connectivity index is 2.65. The second-order valence-electron chi connectivity index (χ2n) is 3.41. The molecule has 0 spiro atoms. The van der Waals surface area contributed by atoms with Crippen molar-refractivity contribution in [3.8, 4) is 0 Å². The third kappa shape index (κ3) is 2.92. The van der Waals surface area contributed by atoms with Crippen LogP contribution in [-0.4, -0.2) is 21.7 Å². The summed E-state index contributed by atoms with van der Waals surface area (Å²) < 4.78 is 1.61. The molecule has 15 heavy (non-hydrogen) atoms. The summed E-state index contributed by atoms with van der Waals surface area (Å²) in [6.07, 6.45) is 2.08.